The highest BCUT2D eigenvalue weighted by Crippen LogP contribution is 2.66. The Hall–Kier alpha value is -4.63. The smallest absolute Gasteiger partial charge is 0.246 e. The van der Waals surface area contributed by atoms with Crippen molar-refractivity contribution in [2.24, 2.45) is 23.7 Å². The summed E-state index contributed by atoms with van der Waals surface area (Å²) in [5.74, 6) is -4.50. The van der Waals surface area contributed by atoms with Crippen molar-refractivity contribution in [1.82, 2.24) is 4.90 Å². The van der Waals surface area contributed by atoms with Gasteiger partial charge in [0.25, 0.3) is 0 Å². The third-order valence-corrected chi connectivity index (χ3v) is 10.4. The van der Waals surface area contributed by atoms with Crippen molar-refractivity contribution >= 4 is 40.9 Å². The number of likely N-dealkylation sites (tertiary alicyclic amines) is 1. The van der Waals surface area contributed by atoms with Crippen LogP contribution in [-0.2, 0) is 24.6 Å². The minimum atomic E-state index is -1.50. The van der Waals surface area contributed by atoms with Gasteiger partial charge < -0.3 is 14.6 Å². The molecule has 3 aromatic carbocycles. The van der Waals surface area contributed by atoms with E-state index >= 15 is 4.79 Å². The molecule has 2 saturated heterocycles. The van der Waals surface area contributed by atoms with Crippen LogP contribution in [0.25, 0.3) is 0 Å². The van der Waals surface area contributed by atoms with Crippen LogP contribution in [0.1, 0.15) is 29.9 Å². The molecule has 1 N–H and O–H groups in total. The Morgan fingerprint density at radius 2 is 1.56 bits per heavy atom. The monoisotopic (exact) mass is 626 g/mol. The second-order valence-corrected chi connectivity index (χ2v) is 12.5. The van der Waals surface area contributed by atoms with Gasteiger partial charge in [0.1, 0.15) is 17.2 Å². The van der Waals surface area contributed by atoms with Crippen molar-refractivity contribution in [2.45, 2.75) is 24.2 Å². The number of phenols is 1. The van der Waals surface area contributed by atoms with Gasteiger partial charge in [-0.3, -0.25) is 24.1 Å². The van der Waals surface area contributed by atoms with E-state index in [0.717, 1.165) is 5.57 Å². The Balaban J connectivity index is 1.57. The summed E-state index contributed by atoms with van der Waals surface area (Å²) in [6.45, 7) is 0. The summed E-state index contributed by atoms with van der Waals surface area (Å²) in [5.41, 5.74) is 0.703. The molecule has 0 radical (unpaired) electrons. The first-order chi connectivity index (χ1) is 21.6. The van der Waals surface area contributed by atoms with Gasteiger partial charge in [-0.1, -0.05) is 59.6 Å². The fourth-order valence-corrected chi connectivity index (χ4v) is 8.61. The number of phenolic OH excluding ortho intramolecular Hbond substituents is 1. The van der Waals surface area contributed by atoms with Crippen molar-refractivity contribution in [3.05, 3.63) is 94.5 Å². The third-order valence-electron chi connectivity index (χ3n) is 10.2. The summed E-state index contributed by atoms with van der Waals surface area (Å²) < 4.78 is 11.7. The van der Waals surface area contributed by atoms with Gasteiger partial charge in [-0.05, 0) is 42.5 Å². The van der Waals surface area contributed by atoms with Crippen LogP contribution in [-0.4, -0.2) is 54.9 Å². The predicted molar refractivity (Wildman–Crippen MR) is 165 cm³/mol. The molecule has 1 saturated carbocycles. The molecule has 3 aromatic rings. The standard InChI is InChI=1S/C35H31ClN2O7/c1-37-31(40)23-13-12-22-24(28(23)33(37)42)17-25-32(41)38(20-11-7-10-19(36)14-20)34(43)35(25,18-8-5-4-6-9-18)30(22)29-26(44-2)15-21(39)16-27(29)45-3/h4-12,14-16,23-25,28,30,39H,13,17H2,1-3H3. The molecule has 3 fully saturated rings. The van der Waals surface area contributed by atoms with Crippen LogP contribution in [0.15, 0.2) is 78.4 Å². The van der Waals surface area contributed by atoms with Gasteiger partial charge in [0.05, 0.1) is 43.1 Å². The number of imide groups is 2. The Bertz CT molecular complexity index is 1780. The number of hydrogen-bond acceptors (Lipinski definition) is 7. The number of ether oxygens (including phenoxy) is 2. The molecule has 0 spiro atoms. The number of nitrogens with zero attached hydrogens (tertiary/aromatic N) is 2. The first kappa shape index (κ1) is 29.1. The van der Waals surface area contributed by atoms with Crippen LogP contribution < -0.4 is 14.4 Å². The Labute approximate surface area is 265 Å². The van der Waals surface area contributed by atoms with Crippen LogP contribution in [0.4, 0.5) is 5.69 Å². The number of amides is 4. The molecule has 7 rings (SSSR count). The van der Waals surface area contributed by atoms with Crippen molar-refractivity contribution < 1.29 is 33.8 Å². The van der Waals surface area contributed by atoms with Crippen molar-refractivity contribution in [1.29, 1.82) is 0 Å². The Morgan fingerprint density at radius 3 is 2.20 bits per heavy atom. The Kier molecular flexibility index (Phi) is 6.78. The lowest BCUT2D eigenvalue weighted by Gasteiger charge is -2.51. The maximum atomic E-state index is 15.3. The first-order valence-electron chi connectivity index (χ1n) is 14.8. The summed E-state index contributed by atoms with van der Waals surface area (Å²) in [6, 6.07) is 18.7. The molecule has 4 amide bonds. The van der Waals surface area contributed by atoms with Crippen LogP contribution in [0, 0.1) is 23.7 Å². The lowest BCUT2D eigenvalue weighted by atomic mass is 9.49. The quantitative estimate of drug-likeness (QED) is 0.318. The van der Waals surface area contributed by atoms with Gasteiger partial charge in [0.15, 0.2) is 0 Å². The zero-order chi connectivity index (χ0) is 31.8. The van der Waals surface area contributed by atoms with Gasteiger partial charge in [-0.25, -0.2) is 4.90 Å². The molecule has 10 heteroatoms. The van der Waals surface area contributed by atoms with Crippen LogP contribution in [0.2, 0.25) is 5.02 Å². The molecule has 45 heavy (non-hydrogen) atoms. The summed E-state index contributed by atoms with van der Waals surface area (Å²) in [5, 5.41) is 11.0. The largest absolute Gasteiger partial charge is 0.508 e. The minimum absolute atomic E-state index is 0.102. The van der Waals surface area contributed by atoms with Gasteiger partial charge in [0.2, 0.25) is 23.6 Å². The number of halogens is 1. The summed E-state index contributed by atoms with van der Waals surface area (Å²) in [4.78, 5) is 59.3. The molecule has 6 unspecified atom stereocenters. The van der Waals surface area contributed by atoms with E-state index in [1.165, 1.54) is 43.2 Å². The number of anilines is 1. The van der Waals surface area contributed by atoms with E-state index in [1.54, 1.807) is 24.3 Å². The number of fused-ring (bicyclic) bond motifs is 4. The zero-order valence-electron chi connectivity index (χ0n) is 24.9. The fourth-order valence-electron chi connectivity index (χ4n) is 8.42. The number of allylic oxidation sites excluding steroid dienone is 2. The molecular formula is C35H31ClN2O7. The fraction of sp³-hybridized carbons (Fsp3) is 0.314. The van der Waals surface area contributed by atoms with E-state index in [4.69, 9.17) is 21.1 Å². The molecule has 0 bridgehead atoms. The van der Waals surface area contributed by atoms with Gasteiger partial charge in [-0.15, -0.1) is 0 Å². The molecule has 0 aromatic heterocycles. The van der Waals surface area contributed by atoms with Crippen LogP contribution in [0.3, 0.4) is 0 Å². The molecule has 4 aliphatic rings. The van der Waals surface area contributed by atoms with Crippen LogP contribution >= 0.6 is 11.6 Å². The molecule has 2 aliphatic carbocycles. The van der Waals surface area contributed by atoms with E-state index in [0.29, 0.717) is 28.3 Å². The highest BCUT2D eigenvalue weighted by Gasteiger charge is 2.70. The number of hydrogen-bond donors (Lipinski definition) is 1. The molecule has 6 atom stereocenters. The van der Waals surface area contributed by atoms with E-state index in [-0.39, 0.29) is 35.5 Å². The highest BCUT2D eigenvalue weighted by atomic mass is 35.5. The molecular weight excluding hydrogens is 596 g/mol. The SMILES string of the molecule is COc1cc(O)cc(OC)c1C1C2=CCC3C(=O)N(C)C(=O)C3C2CC2C(=O)N(c3cccc(Cl)c3)C(=O)C21c1ccccc1. The summed E-state index contributed by atoms with van der Waals surface area (Å²) in [6.07, 6.45) is 2.45. The molecule has 9 nitrogen and oxygen atoms in total. The van der Waals surface area contributed by atoms with Gasteiger partial charge in [-0.2, -0.15) is 0 Å². The minimum Gasteiger partial charge on any atom is -0.508 e. The molecule has 2 heterocycles. The van der Waals surface area contributed by atoms with Crippen molar-refractivity contribution in [3.8, 4) is 17.2 Å². The third kappa shape index (κ3) is 3.92. The lowest BCUT2D eigenvalue weighted by Crippen LogP contribution is -2.53. The van der Waals surface area contributed by atoms with Crippen LogP contribution in [0.5, 0.6) is 17.2 Å². The summed E-state index contributed by atoms with van der Waals surface area (Å²) in [7, 11) is 4.42. The molecule has 230 valence electrons. The van der Waals surface area contributed by atoms with E-state index in [2.05, 4.69) is 0 Å². The second-order valence-electron chi connectivity index (χ2n) is 12.1. The number of aromatic hydroxyl groups is 1. The number of carbonyl (C=O) groups is 4. The topological polar surface area (TPSA) is 113 Å². The summed E-state index contributed by atoms with van der Waals surface area (Å²) >= 11 is 6.36. The van der Waals surface area contributed by atoms with Crippen molar-refractivity contribution in [3.63, 3.8) is 0 Å². The normalized spacial score (nSPS) is 28.9. The lowest BCUT2D eigenvalue weighted by molar-refractivity contribution is -0.138. The van der Waals surface area contributed by atoms with Crippen molar-refractivity contribution in [2.75, 3.05) is 26.2 Å². The highest BCUT2D eigenvalue weighted by molar-refractivity contribution is 6.32. The number of rotatable bonds is 5. The Morgan fingerprint density at radius 1 is 0.867 bits per heavy atom. The maximum absolute atomic E-state index is 15.3. The van der Waals surface area contributed by atoms with Gasteiger partial charge >= 0.3 is 0 Å². The molecule has 2 aliphatic heterocycles. The maximum Gasteiger partial charge on any atom is 0.246 e. The predicted octanol–water partition coefficient (Wildman–Crippen LogP) is 4.86. The van der Waals surface area contributed by atoms with Gasteiger partial charge in [0, 0.05) is 35.7 Å². The number of carbonyl (C=O) groups excluding carboxylic acids is 4. The van der Waals surface area contributed by atoms with E-state index in [9.17, 15) is 19.5 Å². The van der Waals surface area contributed by atoms with E-state index in [1.807, 2.05) is 36.4 Å². The zero-order valence-corrected chi connectivity index (χ0v) is 25.7. The second kappa shape index (κ2) is 10.5. The number of methoxy groups -OCH3 is 2. The number of benzene rings is 3. The average Bonchev–Trinajstić information content (AvgIpc) is 3.41. The first-order valence-corrected chi connectivity index (χ1v) is 15.2. The van der Waals surface area contributed by atoms with E-state index < -0.39 is 46.8 Å². The average molecular weight is 627 g/mol.